The lowest BCUT2D eigenvalue weighted by molar-refractivity contribution is -0.0271. The summed E-state index contributed by atoms with van der Waals surface area (Å²) in [7, 11) is 0. The van der Waals surface area contributed by atoms with Gasteiger partial charge in [-0.2, -0.15) is 0 Å². The summed E-state index contributed by atoms with van der Waals surface area (Å²) in [6, 6.07) is 1.91. The normalized spacial score (nSPS) is 18.3. The monoisotopic (exact) mass is 299 g/mol. The molecule has 1 amide bonds. The molecular weight excluding hydrogens is 282 g/mol. The molecule has 1 aliphatic heterocycles. The number of hydrogen-bond donors (Lipinski definition) is 0. The van der Waals surface area contributed by atoms with Gasteiger partial charge in [-0.1, -0.05) is 0 Å². The van der Waals surface area contributed by atoms with Crippen molar-refractivity contribution >= 4 is 5.91 Å². The summed E-state index contributed by atoms with van der Waals surface area (Å²) in [4.78, 5) is 31.0. The SMILES string of the molecule is Cc1cc(C)nc([C@H]2CN(C(=O)c3cnccn3)CCO2)n1. The zero-order valence-electron chi connectivity index (χ0n) is 12.6. The molecule has 7 nitrogen and oxygen atoms in total. The zero-order valence-corrected chi connectivity index (χ0v) is 12.6. The van der Waals surface area contributed by atoms with Crippen LogP contribution >= 0.6 is 0 Å². The lowest BCUT2D eigenvalue weighted by atomic mass is 10.2. The molecule has 0 aromatic carbocycles. The molecule has 7 heteroatoms. The van der Waals surface area contributed by atoms with Crippen LogP contribution in [0.3, 0.4) is 0 Å². The number of carbonyl (C=O) groups is 1. The van der Waals surface area contributed by atoms with Crippen molar-refractivity contribution in [1.82, 2.24) is 24.8 Å². The number of ether oxygens (including phenoxy) is 1. The summed E-state index contributed by atoms with van der Waals surface area (Å²) in [5, 5.41) is 0. The highest BCUT2D eigenvalue weighted by Gasteiger charge is 2.28. The Morgan fingerprint density at radius 1 is 1.27 bits per heavy atom. The van der Waals surface area contributed by atoms with Crippen molar-refractivity contribution < 1.29 is 9.53 Å². The van der Waals surface area contributed by atoms with E-state index in [9.17, 15) is 4.79 Å². The third kappa shape index (κ3) is 3.09. The molecule has 0 N–H and O–H groups in total. The van der Waals surface area contributed by atoms with Crippen LogP contribution in [0.4, 0.5) is 0 Å². The van der Waals surface area contributed by atoms with Crippen LogP contribution in [-0.4, -0.2) is 50.4 Å². The summed E-state index contributed by atoms with van der Waals surface area (Å²) in [5.74, 6) is 0.472. The van der Waals surface area contributed by atoms with Crippen LogP contribution in [0.15, 0.2) is 24.7 Å². The van der Waals surface area contributed by atoms with E-state index in [-0.39, 0.29) is 12.0 Å². The summed E-state index contributed by atoms with van der Waals surface area (Å²) >= 11 is 0. The number of aryl methyl sites for hydroxylation is 2. The molecule has 3 rings (SSSR count). The van der Waals surface area contributed by atoms with Crippen LogP contribution < -0.4 is 0 Å². The van der Waals surface area contributed by atoms with E-state index in [0.29, 0.717) is 31.2 Å². The van der Waals surface area contributed by atoms with E-state index in [2.05, 4.69) is 19.9 Å². The fourth-order valence-corrected chi connectivity index (χ4v) is 2.46. The van der Waals surface area contributed by atoms with Gasteiger partial charge in [-0.15, -0.1) is 0 Å². The maximum Gasteiger partial charge on any atom is 0.274 e. The van der Waals surface area contributed by atoms with E-state index < -0.39 is 0 Å². The molecule has 1 fully saturated rings. The topological polar surface area (TPSA) is 81.1 Å². The van der Waals surface area contributed by atoms with Gasteiger partial charge in [0.2, 0.25) is 0 Å². The minimum Gasteiger partial charge on any atom is -0.367 e. The van der Waals surface area contributed by atoms with E-state index >= 15 is 0 Å². The van der Waals surface area contributed by atoms with Crippen molar-refractivity contribution in [3.63, 3.8) is 0 Å². The van der Waals surface area contributed by atoms with Crippen LogP contribution in [0.25, 0.3) is 0 Å². The van der Waals surface area contributed by atoms with Crippen molar-refractivity contribution in [2.24, 2.45) is 0 Å². The van der Waals surface area contributed by atoms with Crippen LogP contribution in [0.1, 0.15) is 33.8 Å². The zero-order chi connectivity index (χ0) is 15.5. The minimum absolute atomic E-state index is 0.147. The number of hydrogen-bond acceptors (Lipinski definition) is 6. The number of nitrogens with zero attached hydrogens (tertiary/aromatic N) is 5. The van der Waals surface area contributed by atoms with Gasteiger partial charge in [-0.05, 0) is 19.9 Å². The molecule has 0 aliphatic carbocycles. The van der Waals surface area contributed by atoms with E-state index in [0.717, 1.165) is 11.4 Å². The summed E-state index contributed by atoms with van der Waals surface area (Å²) in [5.41, 5.74) is 2.12. The Morgan fingerprint density at radius 2 is 2.05 bits per heavy atom. The highest BCUT2D eigenvalue weighted by atomic mass is 16.5. The lowest BCUT2D eigenvalue weighted by Gasteiger charge is -2.32. The van der Waals surface area contributed by atoms with E-state index in [4.69, 9.17) is 4.74 Å². The first kappa shape index (κ1) is 14.5. The molecule has 1 aliphatic rings. The maximum absolute atomic E-state index is 12.4. The first-order valence-corrected chi connectivity index (χ1v) is 7.12. The Balaban J connectivity index is 1.78. The number of rotatable bonds is 2. The molecule has 1 atom stereocenters. The van der Waals surface area contributed by atoms with Crippen molar-refractivity contribution in [2.45, 2.75) is 20.0 Å². The molecule has 0 radical (unpaired) electrons. The number of aromatic nitrogens is 4. The fraction of sp³-hybridized carbons (Fsp3) is 0.400. The summed E-state index contributed by atoms with van der Waals surface area (Å²) in [6.07, 6.45) is 4.22. The number of morpholine rings is 1. The van der Waals surface area contributed by atoms with Crippen LogP contribution in [0.2, 0.25) is 0 Å². The van der Waals surface area contributed by atoms with Crippen molar-refractivity contribution in [1.29, 1.82) is 0 Å². The Hall–Kier alpha value is -2.41. The number of amides is 1. The molecule has 0 bridgehead atoms. The smallest absolute Gasteiger partial charge is 0.274 e. The summed E-state index contributed by atoms with van der Waals surface area (Å²) < 4.78 is 5.74. The molecule has 22 heavy (non-hydrogen) atoms. The molecule has 2 aromatic heterocycles. The molecule has 0 saturated carbocycles. The highest BCUT2D eigenvalue weighted by Crippen LogP contribution is 2.20. The van der Waals surface area contributed by atoms with Crippen molar-refractivity contribution in [3.8, 4) is 0 Å². The molecule has 0 unspecified atom stereocenters. The summed E-state index contributed by atoms with van der Waals surface area (Å²) in [6.45, 7) is 5.23. The van der Waals surface area contributed by atoms with Crippen LogP contribution in [-0.2, 0) is 4.74 Å². The van der Waals surface area contributed by atoms with Gasteiger partial charge in [-0.3, -0.25) is 9.78 Å². The molecule has 0 spiro atoms. The predicted molar refractivity (Wildman–Crippen MR) is 78.1 cm³/mol. The largest absolute Gasteiger partial charge is 0.367 e. The minimum atomic E-state index is -0.312. The Morgan fingerprint density at radius 3 is 2.73 bits per heavy atom. The van der Waals surface area contributed by atoms with Gasteiger partial charge in [0.1, 0.15) is 11.8 Å². The van der Waals surface area contributed by atoms with Crippen molar-refractivity contribution in [3.05, 3.63) is 47.6 Å². The van der Waals surface area contributed by atoms with Gasteiger partial charge in [0.15, 0.2) is 5.82 Å². The Labute approximate surface area is 128 Å². The van der Waals surface area contributed by atoms with Crippen molar-refractivity contribution in [2.75, 3.05) is 19.7 Å². The Bertz CT molecular complexity index is 657. The van der Waals surface area contributed by atoms with Crippen LogP contribution in [0.5, 0.6) is 0 Å². The molecule has 2 aromatic rings. The van der Waals surface area contributed by atoms with Gasteiger partial charge in [0, 0.05) is 30.3 Å². The van der Waals surface area contributed by atoms with Gasteiger partial charge < -0.3 is 9.64 Å². The van der Waals surface area contributed by atoms with Crippen LogP contribution in [0, 0.1) is 13.8 Å². The van der Waals surface area contributed by atoms with E-state index in [1.54, 1.807) is 11.1 Å². The van der Waals surface area contributed by atoms with Gasteiger partial charge >= 0.3 is 0 Å². The van der Waals surface area contributed by atoms with E-state index in [1.165, 1.54) is 12.4 Å². The number of carbonyl (C=O) groups excluding carboxylic acids is 1. The maximum atomic E-state index is 12.4. The average molecular weight is 299 g/mol. The highest BCUT2D eigenvalue weighted by molar-refractivity contribution is 5.92. The second-order valence-corrected chi connectivity index (χ2v) is 5.21. The molecule has 1 saturated heterocycles. The third-order valence-electron chi connectivity index (χ3n) is 3.42. The quantitative estimate of drug-likeness (QED) is 0.826. The second kappa shape index (κ2) is 6.15. The predicted octanol–water partition coefficient (Wildman–Crippen LogP) is 1.10. The molecular formula is C15H17N5O2. The Kier molecular flexibility index (Phi) is 4.06. The molecule has 3 heterocycles. The first-order chi connectivity index (χ1) is 10.6. The average Bonchev–Trinajstić information content (AvgIpc) is 2.54. The lowest BCUT2D eigenvalue weighted by Crippen LogP contribution is -2.43. The van der Waals surface area contributed by atoms with E-state index in [1.807, 2.05) is 19.9 Å². The van der Waals surface area contributed by atoms with Gasteiger partial charge in [0.25, 0.3) is 5.91 Å². The third-order valence-corrected chi connectivity index (χ3v) is 3.42. The van der Waals surface area contributed by atoms with Gasteiger partial charge in [-0.25, -0.2) is 15.0 Å². The second-order valence-electron chi connectivity index (χ2n) is 5.21. The molecule has 114 valence electrons. The first-order valence-electron chi connectivity index (χ1n) is 7.12. The van der Waals surface area contributed by atoms with Gasteiger partial charge in [0.05, 0.1) is 19.3 Å². The standard InChI is InChI=1S/C15H17N5O2/c1-10-7-11(2)19-14(18-10)13-9-20(5-6-22-13)15(21)12-8-16-3-4-17-12/h3-4,7-8,13H,5-6,9H2,1-2H3/t13-/m1/s1. The fourth-order valence-electron chi connectivity index (χ4n) is 2.46.